The normalized spacial score (nSPS) is 11.2. The molecule has 0 amide bonds. The van der Waals surface area contributed by atoms with E-state index in [-0.39, 0.29) is 16.5 Å². The molecule has 4 nitrogen and oxygen atoms in total. The fourth-order valence-electron chi connectivity index (χ4n) is 2.52. The fourth-order valence-corrected chi connectivity index (χ4v) is 4.36. The number of sulfonamides is 1. The van der Waals surface area contributed by atoms with Crippen molar-refractivity contribution in [1.29, 1.82) is 0 Å². The minimum absolute atomic E-state index is 0.0669. The first-order chi connectivity index (χ1) is 12.0. The van der Waals surface area contributed by atoms with Crippen molar-refractivity contribution in [3.05, 3.63) is 89.4 Å². The lowest BCUT2D eigenvalue weighted by Gasteiger charge is -2.25. The average Bonchev–Trinajstić information content (AvgIpc) is 2.60. The monoisotopic (exact) mass is 372 g/mol. The van der Waals surface area contributed by atoms with Crippen LogP contribution in [0.2, 0.25) is 5.02 Å². The first kappa shape index (κ1) is 17.3. The summed E-state index contributed by atoms with van der Waals surface area (Å²) in [6, 6.07) is 22.7. The largest absolute Gasteiger partial charge is 0.399 e. The van der Waals surface area contributed by atoms with Crippen molar-refractivity contribution in [1.82, 2.24) is 0 Å². The smallest absolute Gasteiger partial charge is 0.264 e. The summed E-state index contributed by atoms with van der Waals surface area (Å²) in [5.74, 6) is 0. The summed E-state index contributed by atoms with van der Waals surface area (Å²) in [5, 5.41) is 0.284. The highest BCUT2D eigenvalue weighted by atomic mass is 35.5. The minimum Gasteiger partial charge on any atom is -0.399 e. The van der Waals surface area contributed by atoms with Crippen LogP contribution in [0.1, 0.15) is 5.56 Å². The van der Waals surface area contributed by atoms with Crippen molar-refractivity contribution < 1.29 is 8.42 Å². The van der Waals surface area contributed by atoms with E-state index in [2.05, 4.69) is 0 Å². The number of anilines is 2. The second-order valence-electron chi connectivity index (χ2n) is 5.55. The van der Waals surface area contributed by atoms with Crippen LogP contribution in [-0.4, -0.2) is 8.42 Å². The maximum atomic E-state index is 13.3. The zero-order chi connectivity index (χ0) is 17.9. The van der Waals surface area contributed by atoms with Crippen LogP contribution < -0.4 is 10.0 Å². The van der Waals surface area contributed by atoms with Crippen molar-refractivity contribution in [2.75, 3.05) is 10.0 Å². The fraction of sp³-hybridized carbons (Fsp3) is 0.0526. The quantitative estimate of drug-likeness (QED) is 0.678. The van der Waals surface area contributed by atoms with Crippen molar-refractivity contribution >= 4 is 33.0 Å². The molecule has 0 aliphatic rings. The van der Waals surface area contributed by atoms with Gasteiger partial charge in [-0.25, -0.2) is 8.42 Å². The number of nitrogens with two attached hydrogens (primary N) is 1. The number of nitrogen functional groups attached to an aromatic ring is 1. The molecule has 25 heavy (non-hydrogen) atoms. The molecule has 3 aromatic rings. The molecule has 3 aromatic carbocycles. The zero-order valence-corrected chi connectivity index (χ0v) is 14.9. The van der Waals surface area contributed by atoms with Gasteiger partial charge in [0.15, 0.2) is 0 Å². The second kappa shape index (κ2) is 7.17. The van der Waals surface area contributed by atoms with E-state index in [1.54, 1.807) is 24.3 Å². The third-order valence-corrected chi connectivity index (χ3v) is 5.66. The van der Waals surface area contributed by atoms with Crippen LogP contribution in [0.4, 0.5) is 11.4 Å². The van der Waals surface area contributed by atoms with E-state index in [9.17, 15) is 8.42 Å². The Labute approximate surface area is 152 Å². The number of rotatable bonds is 5. The van der Waals surface area contributed by atoms with Crippen LogP contribution in [0.25, 0.3) is 0 Å². The maximum absolute atomic E-state index is 13.3. The van der Waals surface area contributed by atoms with Gasteiger partial charge in [0.2, 0.25) is 0 Å². The van der Waals surface area contributed by atoms with Crippen molar-refractivity contribution in [2.24, 2.45) is 0 Å². The van der Waals surface area contributed by atoms with Gasteiger partial charge < -0.3 is 5.73 Å². The number of benzene rings is 3. The van der Waals surface area contributed by atoms with Crippen LogP contribution in [0.3, 0.4) is 0 Å². The molecule has 0 heterocycles. The molecule has 128 valence electrons. The van der Waals surface area contributed by atoms with Crippen LogP contribution >= 0.6 is 11.6 Å². The van der Waals surface area contributed by atoms with Crippen molar-refractivity contribution in [2.45, 2.75) is 11.4 Å². The van der Waals surface area contributed by atoms with E-state index < -0.39 is 10.0 Å². The lowest BCUT2D eigenvalue weighted by molar-refractivity contribution is 0.590. The third kappa shape index (κ3) is 3.95. The van der Waals surface area contributed by atoms with E-state index in [0.717, 1.165) is 5.56 Å². The SMILES string of the molecule is Nc1cc(Cl)cc(S(=O)(=O)N(Cc2ccccc2)c2ccccc2)c1. The molecule has 0 aliphatic heterocycles. The van der Waals surface area contributed by atoms with Crippen molar-refractivity contribution in [3.63, 3.8) is 0 Å². The highest BCUT2D eigenvalue weighted by Gasteiger charge is 2.25. The molecule has 0 spiro atoms. The van der Waals surface area contributed by atoms with Crippen LogP contribution in [-0.2, 0) is 16.6 Å². The van der Waals surface area contributed by atoms with Gasteiger partial charge in [-0.2, -0.15) is 0 Å². The Hall–Kier alpha value is -2.50. The Morgan fingerprint density at radius 2 is 1.48 bits per heavy atom. The summed E-state index contributed by atoms with van der Waals surface area (Å²) in [5.41, 5.74) is 7.54. The summed E-state index contributed by atoms with van der Waals surface area (Å²) in [4.78, 5) is 0.0669. The van der Waals surface area contributed by atoms with Gasteiger partial charge in [-0.1, -0.05) is 60.1 Å². The summed E-state index contributed by atoms with van der Waals surface area (Å²) in [6.07, 6.45) is 0. The van der Waals surface area contributed by atoms with E-state index >= 15 is 0 Å². The molecule has 0 saturated carbocycles. The van der Waals surface area contributed by atoms with Gasteiger partial charge in [-0.05, 0) is 35.9 Å². The van der Waals surface area contributed by atoms with Gasteiger partial charge in [0.1, 0.15) is 0 Å². The zero-order valence-electron chi connectivity index (χ0n) is 13.3. The molecule has 6 heteroatoms. The first-order valence-corrected chi connectivity index (χ1v) is 9.46. The van der Waals surface area contributed by atoms with E-state index in [0.29, 0.717) is 11.4 Å². The molecular formula is C19H17ClN2O2S. The van der Waals surface area contributed by atoms with Gasteiger partial charge in [0.05, 0.1) is 17.1 Å². The molecule has 0 saturated heterocycles. The van der Waals surface area contributed by atoms with E-state index in [4.69, 9.17) is 17.3 Å². The lowest BCUT2D eigenvalue weighted by atomic mass is 10.2. The number of hydrogen-bond donors (Lipinski definition) is 1. The molecule has 0 radical (unpaired) electrons. The highest BCUT2D eigenvalue weighted by molar-refractivity contribution is 7.92. The average molecular weight is 373 g/mol. The van der Waals surface area contributed by atoms with Gasteiger partial charge >= 0.3 is 0 Å². The van der Waals surface area contributed by atoms with Crippen molar-refractivity contribution in [3.8, 4) is 0 Å². The predicted molar refractivity (Wildman–Crippen MR) is 102 cm³/mol. The Morgan fingerprint density at radius 3 is 2.08 bits per heavy atom. The Bertz CT molecular complexity index is 941. The van der Waals surface area contributed by atoms with Crippen LogP contribution in [0, 0.1) is 0 Å². The first-order valence-electron chi connectivity index (χ1n) is 7.64. The predicted octanol–water partition coefficient (Wildman–Crippen LogP) is 4.32. The molecule has 0 aromatic heterocycles. The molecule has 0 aliphatic carbocycles. The summed E-state index contributed by atoms with van der Waals surface area (Å²) in [7, 11) is -3.83. The maximum Gasteiger partial charge on any atom is 0.264 e. The number of nitrogens with zero attached hydrogens (tertiary/aromatic N) is 1. The molecule has 0 unspecified atom stereocenters. The van der Waals surface area contributed by atoms with Crippen LogP contribution in [0.5, 0.6) is 0 Å². The Morgan fingerprint density at radius 1 is 0.880 bits per heavy atom. The van der Waals surface area contributed by atoms with Gasteiger partial charge in [-0.3, -0.25) is 4.31 Å². The number of para-hydroxylation sites is 1. The molecule has 0 bridgehead atoms. The van der Waals surface area contributed by atoms with Gasteiger partial charge in [0, 0.05) is 10.7 Å². The summed E-state index contributed by atoms with van der Waals surface area (Å²) >= 11 is 6.00. The topological polar surface area (TPSA) is 63.4 Å². The number of hydrogen-bond acceptors (Lipinski definition) is 3. The molecule has 0 fully saturated rings. The Kier molecular flexibility index (Phi) is 4.97. The summed E-state index contributed by atoms with van der Waals surface area (Å²) < 4.78 is 27.9. The molecule has 2 N–H and O–H groups in total. The van der Waals surface area contributed by atoms with Crippen LogP contribution in [0.15, 0.2) is 83.8 Å². The highest BCUT2D eigenvalue weighted by Crippen LogP contribution is 2.28. The number of halogens is 1. The third-order valence-electron chi connectivity index (χ3n) is 3.69. The molecule has 3 rings (SSSR count). The minimum atomic E-state index is -3.83. The van der Waals surface area contributed by atoms with Gasteiger partial charge in [-0.15, -0.1) is 0 Å². The second-order valence-corrected chi connectivity index (χ2v) is 7.85. The van der Waals surface area contributed by atoms with Gasteiger partial charge in [0.25, 0.3) is 10.0 Å². The molecular weight excluding hydrogens is 356 g/mol. The van der Waals surface area contributed by atoms with E-state index in [1.165, 1.54) is 22.5 Å². The Balaban J connectivity index is 2.10. The van der Waals surface area contributed by atoms with E-state index in [1.807, 2.05) is 36.4 Å². The standard InChI is InChI=1S/C19H17ClN2O2S/c20-16-11-17(21)13-19(12-16)25(23,24)22(18-9-5-2-6-10-18)14-15-7-3-1-4-8-15/h1-13H,14,21H2. The molecule has 0 atom stereocenters. The summed E-state index contributed by atoms with van der Waals surface area (Å²) in [6.45, 7) is 0.208. The lowest BCUT2D eigenvalue weighted by Crippen LogP contribution is -2.30.